The number of aromatic nitrogens is 3. The second kappa shape index (κ2) is 11.0. The number of alkyl halides is 3. The molecule has 0 aliphatic carbocycles. The van der Waals surface area contributed by atoms with Gasteiger partial charge >= 0.3 is 6.18 Å². The zero-order valence-electron chi connectivity index (χ0n) is 18.1. The van der Waals surface area contributed by atoms with Crippen molar-refractivity contribution in [2.45, 2.75) is 31.4 Å². The van der Waals surface area contributed by atoms with Gasteiger partial charge in [-0.2, -0.15) is 13.2 Å². The first-order valence-corrected chi connectivity index (χ1v) is 11.0. The van der Waals surface area contributed by atoms with Gasteiger partial charge in [0.25, 0.3) is 0 Å². The van der Waals surface area contributed by atoms with Crippen molar-refractivity contribution in [3.8, 4) is 5.75 Å². The third kappa shape index (κ3) is 6.70. The molecule has 0 aliphatic rings. The van der Waals surface area contributed by atoms with Gasteiger partial charge in [-0.3, -0.25) is 14.2 Å². The summed E-state index contributed by atoms with van der Waals surface area (Å²) < 4.78 is 45.8. The van der Waals surface area contributed by atoms with E-state index in [4.69, 9.17) is 4.74 Å². The molecule has 0 spiro atoms. The molecule has 1 N–H and O–H groups in total. The van der Waals surface area contributed by atoms with Crippen LogP contribution in [0.3, 0.4) is 0 Å². The molecular formula is C23H21F3N4O3S. The number of rotatable bonds is 10. The molecule has 0 radical (unpaired) electrons. The molecule has 7 nitrogen and oxygen atoms in total. The molecule has 1 heterocycles. The number of ether oxygens (including phenoxy) is 1. The minimum Gasteiger partial charge on any atom is -0.486 e. The average Bonchev–Trinajstić information content (AvgIpc) is 3.18. The number of thioether (sulfide) groups is 1. The third-order valence-corrected chi connectivity index (χ3v) is 5.49. The molecule has 34 heavy (non-hydrogen) atoms. The fraction of sp³-hybridized carbons (Fsp3) is 0.217. The predicted octanol–water partition coefficient (Wildman–Crippen LogP) is 5.00. The molecule has 0 saturated heterocycles. The van der Waals surface area contributed by atoms with Gasteiger partial charge < -0.3 is 10.1 Å². The van der Waals surface area contributed by atoms with Gasteiger partial charge in [0.15, 0.2) is 16.8 Å². The summed E-state index contributed by atoms with van der Waals surface area (Å²) >= 11 is 1.13. The van der Waals surface area contributed by atoms with Crippen molar-refractivity contribution in [3.05, 3.63) is 78.1 Å². The lowest BCUT2D eigenvalue weighted by Gasteiger charge is -2.11. The van der Waals surface area contributed by atoms with Gasteiger partial charge in [-0.1, -0.05) is 36.0 Å². The Morgan fingerprint density at radius 1 is 1.18 bits per heavy atom. The summed E-state index contributed by atoms with van der Waals surface area (Å²) in [7, 11) is 0. The molecule has 0 unspecified atom stereocenters. The molecule has 0 saturated carbocycles. The van der Waals surface area contributed by atoms with Crippen LogP contribution in [0.1, 0.15) is 28.7 Å². The number of carbonyl (C=O) groups excluding carboxylic acids is 2. The van der Waals surface area contributed by atoms with Crippen LogP contribution >= 0.6 is 11.8 Å². The van der Waals surface area contributed by atoms with E-state index in [0.29, 0.717) is 28.8 Å². The number of nitrogens with zero attached hydrogens (tertiary/aromatic N) is 3. The number of hydrogen-bond acceptors (Lipinski definition) is 6. The molecule has 1 amide bonds. The minimum absolute atomic E-state index is 0.0219. The molecule has 0 fully saturated rings. The summed E-state index contributed by atoms with van der Waals surface area (Å²) in [5.41, 5.74) is 0.177. The Bertz CT molecular complexity index is 1190. The van der Waals surface area contributed by atoms with Crippen LogP contribution in [0.15, 0.2) is 66.3 Å². The van der Waals surface area contributed by atoms with Crippen LogP contribution in [0.2, 0.25) is 0 Å². The van der Waals surface area contributed by atoms with Gasteiger partial charge in [-0.05, 0) is 37.3 Å². The van der Waals surface area contributed by atoms with Crippen molar-refractivity contribution >= 4 is 29.1 Å². The maximum atomic E-state index is 12.9. The van der Waals surface area contributed by atoms with E-state index in [-0.39, 0.29) is 29.8 Å². The van der Waals surface area contributed by atoms with Crippen LogP contribution in [0, 0.1) is 0 Å². The van der Waals surface area contributed by atoms with Crippen molar-refractivity contribution in [2.24, 2.45) is 0 Å². The smallest absolute Gasteiger partial charge is 0.416 e. The Balaban J connectivity index is 1.63. The largest absolute Gasteiger partial charge is 0.486 e. The number of allylic oxidation sites excluding steroid dienone is 1. The number of Topliss-reactive ketones (excluding diaryl/α,β-unsaturated/α-hetero) is 1. The van der Waals surface area contributed by atoms with E-state index in [1.54, 1.807) is 34.9 Å². The molecule has 1 aromatic heterocycles. The lowest BCUT2D eigenvalue weighted by molar-refractivity contribution is -0.137. The second-order valence-corrected chi connectivity index (χ2v) is 8.03. The lowest BCUT2D eigenvalue weighted by atomic mass is 10.1. The zero-order valence-corrected chi connectivity index (χ0v) is 18.9. The Morgan fingerprint density at radius 2 is 1.94 bits per heavy atom. The number of carbonyl (C=O) groups is 2. The second-order valence-electron chi connectivity index (χ2n) is 7.09. The van der Waals surface area contributed by atoms with Crippen LogP contribution < -0.4 is 10.1 Å². The molecule has 11 heteroatoms. The van der Waals surface area contributed by atoms with Crippen LogP contribution in [0.25, 0.3) is 0 Å². The van der Waals surface area contributed by atoms with Crippen LogP contribution in [-0.2, 0) is 24.1 Å². The Kier molecular flexibility index (Phi) is 8.11. The number of ketones is 1. The van der Waals surface area contributed by atoms with E-state index < -0.39 is 11.7 Å². The van der Waals surface area contributed by atoms with E-state index in [0.717, 1.165) is 23.9 Å². The number of nitrogens with one attached hydrogen (secondary N) is 1. The molecule has 2 aromatic carbocycles. The summed E-state index contributed by atoms with van der Waals surface area (Å²) in [4.78, 5) is 23.9. The van der Waals surface area contributed by atoms with Crippen molar-refractivity contribution in [2.75, 3.05) is 11.1 Å². The van der Waals surface area contributed by atoms with Gasteiger partial charge in [0.05, 0.1) is 11.3 Å². The van der Waals surface area contributed by atoms with E-state index >= 15 is 0 Å². The lowest BCUT2D eigenvalue weighted by Crippen LogP contribution is -2.15. The van der Waals surface area contributed by atoms with Crippen molar-refractivity contribution in [1.82, 2.24) is 14.8 Å². The Hall–Kier alpha value is -3.60. The number of anilines is 1. The summed E-state index contributed by atoms with van der Waals surface area (Å²) in [5, 5.41) is 11.3. The number of benzene rings is 2. The molecule has 3 rings (SSSR count). The average molecular weight is 491 g/mol. The van der Waals surface area contributed by atoms with E-state index in [1.807, 2.05) is 0 Å². The van der Waals surface area contributed by atoms with Crippen LogP contribution in [0.4, 0.5) is 18.9 Å². The first-order chi connectivity index (χ1) is 16.2. The van der Waals surface area contributed by atoms with Gasteiger partial charge in [-0.15, -0.1) is 16.8 Å². The topological polar surface area (TPSA) is 86.1 Å². The molecular weight excluding hydrogens is 469 g/mol. The third-order valence-electron chi connectivity index (χ3n) is 4.52. The van der Waals surface area contributed by atoms with Crippen LogP contribution in [0.5, 0.6) is 5.75 Å². The SMILES string of the molecule is C=CCn1c(COc2cccc(C(F)(F)F)c2)nnc1SCC(=O)Nc1cccc(C(C)=O)c1. The van der Waals surface area contributed by atoms with E-state index in [9.17, 15) is 22.8 Å². The number of halogens is 3. The van der Waals surface area contributed by atoms with E-state index in [1.165, 1.54) is 19.1 Å². The van der Waals surface area contributed by atoms with Crippen molar-refractivity contribution in [1.29, 1.82) is 0 Å². The molecule has 0 atom stereocenters. The summed E-state index contributed by atoms with van der Waals surface area (Å²) in [6, 6.07) is 11.2. The molecule has 3 aromatic rings. The minimum atomic E-state index is -4.47. The summed E-state index contributed by atoms with van der Waals surface area (Å²) in [6.07, 6.45) is -2.87. The highest BCUT2D eigenvalue weighted by atomic mass is 32.2. The maximum absolute atomic E-state index is 12.9. The quantitative estimate of drug-likeness (QED) is 0.245. The van der Waals surface area contributed by atoms with Gasteiger partial charge in [0, 0.05) is 17.8 Å². The molecule has 178 valence electrons. The summed E-state index contributed by atoms with van der Waals surface area (Å²) in [5.74, 6) is 0.0240. The Labute approximate surface area is 198 Å². The maximum Gasteiger partial charge on any atom is 0.416 e. The number of hydrogen-bond donors (Lipinski definition) is 1. The normalized spacial score (nSPS) is 11.2. The van der Waals surface area contributed by atoms with Crippen molar-refractivity contribution in [3.63, 3.8) is 0 Å². The highest BCUT2D eigenvalue weighted by Gasteiger charge is 2.30. The van der Waals surface area contributed by atoms with Gasteiger partial charge in [-0.25, -0.2) is 0 Å². The predicted molar refractivity (Wildman–Crippen MR) is 122 cm³/mol. The molecule has 0 bridgehead atoms. The molecule has 0 aliphatic heterocycles. The van der Waals surface area contributed by atoms with Crippen molar-refractivity contribution < 1.29 is 27.5 Å². The fourth-order valence-corrected chi connectivity index (χ4v) is 3.66. The Morgan fingerprint density at radius 3 is 2.65 bits per heavy atom. The fourth-order valence-electron chi connectivity index (χ4n) is 2.90. The zero-order chi connectivity index (χ0) is 24.7. The summed E-state index contributed by atoms with van der Waals surface area (Å²) in [6.45, 7) is 5.33. The van der Waals surface area contributed by atoms with E-state index in [2.05, 4.69) is 22.1 Å². The first kappa shape index (κ1) is 25.0. The van der Waals surface area contributed by atoms with Crippen LogP contribution in [-0.4, -0.2) is 32.2 Å². The standard InChI is InChI=1S/C23H21F3N4O3S/c1-3-10-30-20(13-33-19-9-5-7-17(12-19)23(24,25)26)28-29-22(30)34-14-21(32)27-18-8-4-6-16(11-18)15(2)31/h3-9,11-12H,1,10,13-14H2,2H3,(H,27,32). The highest BCUT2D eigenvalue weighted by Crippen LogP contribution is 2.31. The van der Waals surface area contributed by atoms with Gasteiger partial charge in [0.2, 0.25) is 5.91 Å². The monoisotopic (exact) mass is 490 g/mol. The van der Waals surface area contributed by atoms with Gasteiger partial charge in [0.1, 0.15) is 12.4 Å². The number of amides is 1. The first-order valence-electron chi connectivity index (χ1n) is 10.0. The highest BCUT2D eigenvalue weighted by molar-refractivity contribution is 7.99.